The van der Waals surface area contributed by atoms with E-state index in [9.17, 15) is 19.2 Å². The van der Waals surface area contributed by atoms with E-state index in [0.29, 0.717) is 23.4 Å². The summed E-state index contributed by atoms with van der Waals surface area (Å²) in [6.07, 6.45) is 5.54. The van der Waals surface area contributed by atoms with Crippen molar-refractivity contribution in [3.63, 3.8) is 0 Å². The molecule has 4 rings (SSSR count). The van der Waals surface area contributed by atoms with Gasteiger partial charge in [-0.25, -0.2) is 4.79 Å². The Hall–Kier alpha value is -3.48. The Morgan fingerprint density at radius 3 is 2.24 bits per heavy atom. The van der Waals surface area contributed by atoms with Crippen LogP contribution in [-0.2, 0) is 14.3 Å². The van der Waals surface area contributed by atoms with Gasteiger partial charge in [-0.05, 0) is 56.2 Å². The van der Waals surface area contributed by atoms with Gasteiger partial charge in [0.2, 0.25) is 5.91 Å². The van der Waals surface area contributed by atoms with Gasteiger partial charge in [0.25, 0.3) is 0 Å². The second-order valence-electron chi connectivity index (χ2n) is 9.05. The molecule has 0 radical (unpaired) electrons. The van der Waals surface area contributed by atoms with Crippen molar-refractivity contribution < 1.29 is 28.7 Å². The molecule has 1 saturated heterocycles. The number of likely N-dealkylation sites (tertiary alicyclic amines) is 1. The number of esters is 2. The number of hydrogen-bond donors (Lipinski definition) is 0. The van der Waals surface area contributed by atoms with Gasteiger partial charge in [0.1, 0.15) is 5.75 Å². The molecule has 0 aromatic heterocycles. The first-order valence-electron chi connectivity index (χ1n) is 11.8. The van der Waals surface area contributed by atoms with Crippen LogP contribution in [-0.4, -0.2) is 47.7 Å². The Morgan fingerprint density at radius 2 is 1.56 bits per heavy atom. The maximum absolute atomic E-state index is 12.5. The molecule has 1 atom stereocenters. The minimum Gasteiger partial charge on any atom is -0.457 e. The van der Waals surface area contributed by atoms with E-state index in [1.165, 1.54) is 30.7 Å². The van der Waals surface area contributed by atoms with Gasteiger partial charge >= 0.3 is 11.9 Å². The molecule has 2 fully saturated rings. The summed E-state index contributed by atoms with van der Waals surface area (Å²) in [6.45, 7) is 1.91. The number of ketones is 1. The highest BCUT2D eigenvalue weighted by atomic mass is 16.5. The summed E-state index contributed by atoms with van der Waals surface area (Å²) in [6, 6.07) is 13.4. The quantitative estimate of drug-likeness (QED) is 0.349. The highest BCUT2D eigenvalue weighted by Crippen LogP contribution is 2.29. The van der Waals surface area contributed by atoms with Crippen LogP contribution in [0.2, 0.25) is 0 Å². The van der Waals surface area contributed by atoms with Crippen molar-refractivity contribution in [3.8, 4) is 5.75 Å². The van der Waals surface area contributed by atoms with Crippen LogP contribution in [0.4, 0.5) is 0 Å². The van der Waals surface area contributed by atoms with Crippen molar-refractivity contribution in [2.45, 2.75) is 51.5 Å². The third-order valence-corrected chi connectivity index (χ3v) is 6.53. The molecule has 34 heavy (non-hydrogen) atoms. The number of Topliss-reactive ketones (excluding diaryl/α,β-unsaturated/α-hetero) is 1. The summed E-state index contributed by atoms with van der Waals surface area (Å²) >= 11 is 0. The first-order chi connectivity index (χ1) is 16.4. The lowest BCUT2D eigenvalue weighted by molar-refractivity contribution is -0.147. The molecule has 1 heterocycles. The first kappa shape index (κ1) is 23.7. The van der Waals surface area contributed by atoms with E-state index in [0.717, 1.165) is 31.2 Å². The van der Waals surface area contributed by atoms with Crippen LogP contribution in [0.5, 0.6) is 5.75 Å². The summed E-state index contributed by atoms with van der Waals surface area (Å²) in [5, 5.41) is 0. The summed E-state index contributed by atoms with van der Waals surface area (Å²) in [5.74, 6) is -1.57. The van der Waals surface area contributed by atoms with Crippen LogP contribution in [0.15, 0.2) is 48.5 Å². The molecule has 0 bridgehead atoms. The molecule has 7 heteroatoms. The molecule has 1 saturated carbocycles. The van der Waals surface area contributed by atoms with E-state index in [4.69, 9.17) is 9.47 Å². The molecule has 7 nitrogen and oxygen atoms in total. The SMILES string of the molecule is Cc1ccc(C(=O)Oc2ccc(C(=O)COC(=O)[C@@H]3CC(=O)N(C4CCCCC4)C3)cc2)cc1. The largest absolute Gasteiger partial charge is 0.457 e. The lowest BCUT2D eigenvalue weighted by atomic mass is 9.94. The second-order valence-corrected chi connectivity index (χ2v) is 9.05. The molecule has 1 amide bonds. The number of carbonyl (C=O) groups excluding carboxylic acids is 4. The fourth-order valence-electron chi connectivity index (χ4n) is 4.54. The lowest BCUT2D eigenvalue weighted by Crippen LogP contribution is -2.38. The van der Waals surface area contributed by atoms with Gasteiger partial charge in [0.05, 0.1) is 11.5 Å². The average molecular weight is 464 g/mol. The molecular formula is C27H29NO6. The van der Waals surface area contributed by atoms with Crippen molar-refractivity contribution in [2.24, 2.45) is 5.92 Å². The van der Waals surface area contributed by atoms with E-state index in [-0.39, 0.29) is 24.2 Å². The Labute approximate surface area is 199 Å². The molecule has 0 unspecified atom stereocenters. The normalized spacial score (nSPS) is 18.6. The van der Waals surface area contributed by atoms with Gasteiger partial charge in [0, 0.05) is 24.6 Å². The van der Waals surface area contributed by atoms with Gasteiger partial charge in [-0.1, -0.05) is 37.0 Å². The number of amides is 1. The predicted molar refractivity (Wildman–Crippen MR) is 125 cm³/mol. The number of ether oxygens (including phenoxy) is 2. The summed E-state index contributed by atoms with van der Waals surface area (Å²) in [4.78, 5) is 51.4. The second kappa shape index (κ2) is 10.6. The Kier molecular flexibility index (Phi) is 7.40. The fourth-order valence-corrected chi connectivity index (χ4v) is 4.54. The number of hydrogen-bond acceptors (Lipinski definition) is 6. The first-order valence-corrected chi connectivity index (χ1v) is 11.8. The van der Waals surface area contributed by atoms with E-state index < -0.39 is 24.5 Å². The lowest BCUT2D eigenvalue weighted by Gasteiger charge is -2.31. The van der Waals surface area contributed by atoms with Crippen LogP contribution in [0.25, 0.3) is 0 Å². The molecule has 1 aliphatic carbocycles. The van der Waals surface area contributed by atoms with Crippen molar-refractivity contribution in [1.29, 1.82) is 0 Å². The molecule has 2 aromatic carbocycles. The third kappa shape index (κ3) is 5.71. The van der Waals surface area contributed by atoms with Gasteiger partial charge in [-0.2, -0.15) is 0 Å². The van der Waals surface area contributed by atoms with E-state index in [1.54, 1.807) is 12.1 Å². The maximum atomic E-state index is 12.5. The Morgan fingerprint density at radius 1 is 0.912 bits per heavy atom. The van der Waals surface area contributed by atoms with E-state index in [1.807, 2.05) is 24.0 Å². The van der Waals surface area contributed by atoms with Crippen molar-refractivity contribution in [1.82, 2.24) is 4.90 Å². The standard InChI is InChI=1S/C27H29NO6/c1-18-7-9-20(10-8-18)27(32)34-23-13-11-19(12-14-23)24(29)17-33-26(31)21-15-25(30)28(16-21)22-5-3-2-4-6-22/h7-14,21-22H,2-6,15-17H2,1H3/t21-/m1/s1. The Balaban J connectivity index is 1.26. The highest BCUT2D eigenvalue weighted by molar-refractivity contribution is 5.98. The maximum Gasteiger partial charge on any atom is 0.343 e. The molecular weight excluding hydrogens is 434 g/mol. The highest BCUT2D eigenvalue weighted by Gasteiger charge is 2.39. The number of benzene rings is 2. The smallest absolute Gasteiger partial charge is 0.343 e. The monoisotopic (exact) mass is 463 g/mol. The number of aryl methyl sites for hydroxylation is 1. The topological polar surface area (TPSA) is 90.0 Å². The molecule has 178 valence electrons. The van der Waals surface area contributed by atoms with Crippen LogP contribution >= 0.6 is 0 Å². The molecule has 2 aliphatic rings. The molecule has 2 aromatic rings. The number of rotatable bonds is 7. The van der Waals surface area contributed by atoms with Crippen LogP contribution in [0, 0.1) is 12.8 Å². The zero-order chi connectivity index (χ0) is 24.1. The summed E-state index contributed by atoms with van der Waals surface area (Å²) < 4.78 is 10.6. The molecule has 0 N–H and O–H groups in total. The van der Waals surface area contributed by atoms with Crippen LogP contribution in [0.1, 0.15) is 64.8 Å². The van der Waals surface area contributed by atoms with Crippen molar-refractivity contribution >= 4 is 23.6 Å². The third-order valence-electron chi connectivity index (χ3n) is 6.53. The van der Waals surface area contributed by atoms with E-state index in [2.05, 4.69) is 0 Å². The van der Waals surface area contributed by atoms with E-state index >= 15 is 0 Å². The minimum atomic E-state index is -0.522. The summed E-state index contributed by atoms with van der Waals surface area (Å²) in [7, 11) is 0. The fraction of sp³-hybridized carbons (Fsp3) is 0.407. The van der Waals surface area contributed by atoms with Gasteiger partial charge in [-0.3, -0.25) is 14.4 Å². The minimum absolute atomic E-state index is 0.00375. The van der Waals surface area contributed by atoms with Crippen LogP contribution in [0.3, 0.4) is 0 Å². The Bertz CT molecular complexity index is 1050. The molecule has 0 spiro atoms. The zero-order valence-corrected chi connectivity index (χ0v) is 19.3. The summed E-state index contributed by atoms with van der Waals surface area (Å²) in [5.41, 5.74) is 1.82. The van der Waals surface area contributed by atoms with Gasteiger partial charge in [0.15, 0.2) is 12.4 Å². The van der Waals surface area contributed by atoms with Gasteiger partial charge < -0.3 is 14.4 Å². The van der Waals surface area contributed by atoms with Gasteiger partial charge in [-0.15, -0.1) is 0 Å². The average Bonchev–Trinajstić information content (AvgIpc) is 3.25. The predicted octanol–water partition coefficient (Wildman–Crippen LogP) is 4.12. The van der Waals surface area contributed by atoms with Crippen molar-refractivity contribution in [3.05, 3.63) is 65.2 Å². The molecule has 1 aliphatic heterocycles. The van der Waals surface area contributed by atoms with Crippen molar-refractivity contribution in [2.75, 3.05) is 13.2 Å². The number of carbonyl (C=O) groups is 4. The zero-order valence-electron chi connectivity index (χ0n) is 19.3. The number of nitrogens with zero attached hydrogens (tertiary/aromatic N) is 1. The van der Waals surface area contributed by atoms with Crippen LogP contribution < -0.4 is 4.74 Å².